The minimum absolute atomic E-state index is 0.0401. The minimum atomic E-state index is -1.16. The number of carboxylic acids is 1. The molecule has 0 saturated carbocycles. The van der Waals surface area contributed by atoms with E-state index in [0.29, 0.717) is 6.29 Å². The van der Waals surface area contributed by atoms with E-state index < -0.39 is 10.8 Å². The molecular formula is C11H9BrO4. The second-order valence-corrected chi connectivity index (χ2v) is 4.12. The first-order chi connectivity index (χ1) is 7.49. The zero-order chi connectivity index (χ0) is 12.3. The van der Waals surface area contributed by atoms with Gasteiger partial charge in [0.2, 0.25) is 0 Å². The number of hydrogen-bond acceptors (Lipinski definition) is 3. The lowest BCUT2D eigenvalue weighted by Crippen LogP contribution is -2.11. The highest BCUT2D eigenvalue weighted by molar-refractivity contribution is 9.09. The Morgan fingerprint density at radius 1 is 1.44 bits per heavy atom. The van der Waals surface area contributed by atoms with Crippen LogP contribution in [0, 0.1) is 0 Å². The van der Waals surface area contributed by atoms with Gasteiger partial charge in [0.1, 0.15) is 12.1 Å². The highest BCUT2D eigenvalue weighted by atomic mass is 79.9. The summed E-state index contributed by atoms with van der Waals surface area (Å²) in [7, 11) is 0. The smallest absolute Gasteiger partial charge is 0.336 e. The molecule has 1 aromatic carbocycles. The lowest BCUT2D eigenvalue weighted by Gasteiger charge is -2.12. The maximum absolute atomic E-state index is 11.2. The van der Waals surface area contributed by atoms with E-state index in [4.69, 9.17) is 5.11 Å². The third-order valence-corrected chi connectivity index (χ3v) is 3.21. The van der Waals surface area contributed by atoms with Crippen molar-refractivity contribution in [3.63, 3.8) is 0 Å². The second-order valence-electron chi connectivity index (χ2n) is 3.20. The number of benzene rings is 1. The van der Waals surface area contributed by atoms with Gasteiger partial charge in [-0.3, -0.25) is 9.59 Å². The maximum Gasteiger partial charge on any atom is 0.336 e. The molecule has 0 heterocycles. The van der Waals surface area contributed by atoms with Crippen molar-refractivity contribution in [3.8, 4) is 0 Å². The van der Waals surface area contributed by atoms with Crippen molar-refractivity contribution < 1.29 is 19.5 Å². The topological polar surface area (TPSA) is 71.4 Å². The van der Waals surface area contributed by atoms with Crippen LogP contribution in [0.25, 0.3) is 0 Å². The summed E-state index contributed by atoms with van der Waals surface area (Å²) in [6.45, 7) is 1.33. The molecule has 1 rings (SSSR count). The van der Waals surface area contributed by atoms with Crippen LogP contribution in [0.15, 0.2) is 18.2 Å². The summed E-state index contributed by atoms with van der Waals surface area (Å²) in [6, 6.07) is 4.31. The van der Waals surface area contributed by atoms with Crippen LogP contribution in [-0.2, 0) is 4.79 Å². The van der Waals surface area contributed by atoms with Crippen LogP contribution in [0.1, 0.15) is 38.0 Å². The van der Waals surface area contributed by atoms with Crippen LogP contribution in [0.4, 0.5) is 0 Å². The molecule has 0 radical (unpaired) electrons. The van der Waals surface area contributed by atoms with Crippen molar-refractivity contribution in [3.05, 3.63) is 34.9 Å². The molecule has 0 aliphatic rings. The van der Waals surface area contributed by atoms with E-state index in [1.54, 1.807) is 0 Å². The number of carbonyl (C=O) groups is 3. The van der Waals surface area contributed by atoms with E-state index in [0.717, 1.165) is 0 Å². The van der Waals surface area contributed by atoms with E-state index in [-0.39, 0.29) is 22.5 Å². The largest absolute Gasteiger partial charge is 0.478 e. The highest BCUT2D eigenvalue weighted by Gasteiger charge is 2.23. The maximum atomic E-state index is 11.2. The number of carbonyl (C=O) groups excluding carboxylic acids is 2. The van der Waals surface area contributed by atoms with Gasteiger partial charge in [-0.25, -0.2) is 4.79 Å². The molecule has 1 N–H and O–H groups in total. The molecule has 5 heteroatoms. The van der Waals surface area contributed by atoms with Gasteiger partial charge in [0.15, 0.2) is 0 Å². The third kappa shape index (κ3) is 2.36. The first-order valence-electron chi connectivity index (χ1n) is 4.45. The van der Waals surface area contributed by atoms with E-state index in [1.165, 1.54) is 25.1 Å². The lowest BCUT2D eigenvalue weighted by atomic mass is 9.97. The average Bonchev–Trinajstić information content (AvgIpc) is 2.26. The molecule has 1 atom stereocenters. The molecule has 1 aromatic rings. The Kier molecular flexibility index (Phi) is 3.95. The highest BCUT2D eigenvalue weighted by Crippen LogP contribution is 2.29. The number of ketones is 1. The molecule has 0 aliphatic heterocycles. The van der Waals surface area contributed by atoms with Crippen LogP contribution < -0.4 is 0 Å². The molecule has 0 spiro atoms. The Labute approximate surface area is 100 Å². The van der Waals surface area contributed by atoms with Gasteiger partial charge in [0.05, 0.1) is 10.4 Å². The fourth-order valence-electron chi connectivity index (χ4n) is 1.36. The summed E-state index contributed by atoms with van der Waals surface area (Å²) in [5.41, 5.74) is 0.371. The van der Waals surface area contributed by atoms with Crippen LogP contribution in [0.2, 0.25) is 0 Å². The van der Waals surface area contributed by atoms with Gasteiger partial charge in [-0.15, -0.1) is 0 Å². The van der Waals surface area contributed by atoms with Gasteiger partial charge in [-0.2, -0.15) is 0 Å². The van der Waals surface area contributed by atoms with Crippen molar-refractivity contribution in [2.75, 3.05) is 0 Å². The van der Waals surface area contributed by atoms with Crippen LogP contribution >= 0.6 is 15.9 Å². The number of alkyl halides is 1. The summed E-state index contributed by atoms with van der Waals surface area (Å²) < 4.78 is 0. The third-order valence-electron chi connectivity index (χ3n) is 2.11. The van der Waals surface area contributed by atoms with E-state index in [9.17, 15) is 14.4 Å². The molecule has 16 heavy (non-hydrogen) atoms. The first-order valence-corrected chi connectivity index (χ1v) is 5.36. The molecule has 0 fully saturated rings. The lowest BCUT2D eigenvalue weighted by molar-refractivity contribution is -0.116. The molecule has 0 aliphatic carbocycles. The van der Waals surface area contributed by atoms with Crippen LogP contribution in [0.3, 0.4) is 0 Å². The van der Waals surface area contributed by atoms with Gasteiger partial charge in [-0.05, 0) is 18.6 Å². The zero-order valence-corrected chi connectivity index (χ0v) is 10.0. The van der Waals surface area contributed by atoms with Gasteiger partial charge in [0, 0.05) is 5.56 Å². The predicted molar refractivity (Wildman–Crippen MR) is 61.1 cm³/mol. The van der Waals surface area contributed by atoms with E-state index in [1.807, 2.05) is 0 Å². The number of hydrogen-bond donors (Lipinski definition) is 1. The molecule has 0 saturated heterocycles. The van der Waals surface area contributed by atoms with Crippen molar-refractivity contribution in [1.29, 1.82) is 0 Å². The first kappa shape index (κ1) is 12.6. The van der Waals surface area contributed by atoms with E-state index >= 15 is 0 Å². The number of carboxylic acid groups (broad SMARTS) is 1. The number of rotatable bonds is 4. The van der Waals surface area contributed by atoms with Crippen LogP contribution in [-0.4, -0.2) is 23.1 Å². The number of halogens is 1. The fourth-order valence-corrected chi connectivity index (χ4v) is 1.87. The molecule has 0 amide bonds. The quantitative estimate of drug-likeness (QED) is 0.680. The average molecular weight is 285 g/mol. The molecule has 4 nitrogen and oxygen atoms in total. The van der Waals surface area contributed by atoms with E-state index in [2.05, 4.69) is 15.9 Å². The number of aldehydes is 1. The fraction of sp³-hybridized carbons (Fsp3) is 0.182. The van der Waals surface area contributed by atoms with Crippen LogP contribution in [0.5, 0.6) is 0 Å². The Balaban J connectivity index is 3.47. The Morgan fingerprint density at radius 2 is 2.06 bits per heavy atom. The predicted octanol–water partition coefficient (Wildman–Crippen LogP) is 2.22. The SMILES string of the molecule is CC(=O)C(Br)c1c(C=O)cccc1C(=O)O. The molecule has 84 valence electrons. The monoisotopic (exact) mass is 284 g/mol. The molecule has 0 aromatic heterocycles. The molecular weight excluding hydrogens is 276 g/mol. The normalized spacial score (nSPS) is 11.9. The second kappa shape index (κ2) is 5.03. The summed E-state index contributed by atoms with van der Waals surface area (Å²) in [6.07, 6.45) is 0.541. The Bertz CT molecular complexity index is 453. The number of Topliss-reactive ketones (excluding diaryl/α,β-unsaturated/α-hetero) is 1. The molecule has 0 bridgehead atoms. The van der Waals surface area contributed by atoms with Gasteiger partial charge in [-0.1, -0.05) is 28.1 Å². The summed E-state index contributed by atoms with van der Waals surface area (Å²) >= 11 is 3.09. The van der Waals surface area contributed by atoms with Crippen molar-refractivity contribution >= 4 is 34.0 Å². The zero-order valence-electron chi connectivity index (χ0n) is 8.44. The van der Waals surface area contributed by atoms with Gasteiger partial charge >= 0.3 is 5.97 Å². The van der Waals surface area contributed by atoms with Crippen molar-refractivity contribution in [1.82, 2.24) is 0 Å². The standard InChI is InChI=1S/C11H9BrO4/c1-6(14)10(12)9-7(5-13)3-2-4-8(9)11(15)16/h2-5,10H,1H3,(H,15,16). The number of aromatic carboxylic acids is 1. The Hall–Kier alpha value is -1.49. The Morgan fingerprint density at radius 3 is 2.50 bits per heavy atom. The summed E-state index contributed by atoms with van der Waals surface area (Å²) in [4.78, 5) is 32.2. The summed E-state index contributed by atoms with van der Waals surface area (Å²) in [5.74, 6) is -1.42. The summed E-state index contributed by atoms with van der Waals surface area (Å²) in [5, 5.41) is 8.97. The molecule has 1 unspecified atom stereocenters. The van der Waals surface area contributed by atoms with Gasteiger partial charge < -0.3 is 5.11 Å². The van der Waals surface area contributed by atoms with Gasteiger partial charge in [0.25, 0.3) is 0 Å². The minimum Gasteiger partial charge on any atom is -0.478 e. The van der Waals surface area contributed by atoms with Crippen molar-refractivity contribution in [2.45, 2.75) is 11.8 Å². The van der Waals surface area contributed by atoms with Crippen molar-refractivity contribution in [2.24, 2.45) is 0 Å².